The first-order valence-electron chi connectivity index (χ1n) is 6.30. The van der Waals surface area contributed by atoms with E-state index in [1.165, 1.54) is 15.8 Å². The van der Waals surface area contributed by atoms with Crippen LogP contribution < -0.4 is 5.73 Å². The molecular weight excluding hydrogens is 296 g/mol. The number of nitrogens with two attached hydrogens (primary N) is 1. The number of rotatable bonds is 7. The number of hydrogen-bond donors (Lipinski definition) is 1. The molecule has 2 unspecified atom stereocenters. The van der Waals surface area contributed by atoms with Crippen LogP contribution in [-0.2, 0) is 0 Å². The van der Waals surface area contributed by atoms with Crippen molar-refractivity contribution in [2.45, 2.75) is 33.2 Å². The van der Waals surface area contributed by atoms with Crippen LogP contribution in [0.4, 0.5) is 0 Å². The molecule has 1 aromatic rings. The van der Waals surface area contributed by atoms with E-state index in [0.29, 0.717) is 12.6 Å². The number of likely N-dealkylation sites (N-methyl/N-ethyl adjacent to an activating group) is 1. The zero-order chi connectivity index (χ0) is 12.8. The van der Waals surface area contributed by atoms with E-state index in [9.17, 15) is 0 Å². The molecule has 98 valence electrons. The van der Waals surface area contributed by atoms with E-state index in [2.05, 4.69) is 53.0 Å². The van der Waals surface area contributed by atoms with Crippen molar-refractivity contribution in [1.29, 1.82) is 0 Å². The standard InChI is InChI=1S/C13H23BrN2S/c1-4-10(3)9-16(5-2)12(8-15)13-11(14)6-7-17-13/h6-7,10,12H,4-5,8-9,15H2,1-3H3. The molecule has 0 aliphatic carbocycles. The minimum absolute atomic E-state index is 0.350. The van der Waals surface area contributed by atoms with E-state index in [4.69, 9.17) is 5.73 Å². The van der Waals surface area contributed by atoms with Gasteiger partial charge in [-0.2, -0.15) is 0 Å². The van der Waals surface area contributed by atoms with Gasteiger partial charge >= 0.3 is 0 Å². The highest BCUT2D eigenvalue weighted by Crippen LogP contribution is 2.32. The van der Waals surface area contributed by atoms with Crippen molar-refractivity contribution in [2.75, 3.05) is 19.6 Å². The van der Waals surface area contributed by atoms with E-state index in [-0.39, 0.29) is 0 Å². The molecule has 0 spiro atoms. The Morgan fingerprint density at radius 1 is 1.47 bits per heavy atom. The first-order chi connectivity index (χ1) is 8.13. The number of halogens is 1. The second-order valence-electron chi connectivity index (χ2n) is 4.49. The molecule has 0 aliphatic heterocycles. The van der Waals surface area contributed by atoms with Crippen LogP contribution in [0.25, 0.3) is 0 Å². The van der Waals surface area contributed by atoms with Crippen LogP contribution in [0.3, 0.4) is 0 Å². The van der Waals surface area contributed by atoms with E-state index in [1.807, 2.05) is 0 Å². The molecule has 17 heavy (non-hydrogen) atoms. The first kappa shape index (κ1) is 15.2. The molecule has 1 aromatic heterocycles. The van der Waals surface area contributed by atoms with Gasteiger partial charge in [0, 0.05) is 22.4 Å². The fraction of sp³-hybridized carbons (Fsp3) is 0.692. The lowest BCUT2D eigenvalue weighted by Crippen LogP contribution is -2.36. The molecule has 0 saturated carbocycles. The van der Waals surface area contributed by atoms with Gasteiger partial charge in [-0.15, -0.1) is 11.3 Å². The van der Waals surface area contributed by atoms with Gasteiger partial charge in [0.2, 0.25) is 0 Å². The third-order valence-electron chi connectivity index (χ3n) is 3.26. The van der Waals surface area contributed by atoms with Gasteiger partial charge in [0.05, 0.1) is 6.04 Å². The lowest BCUT2D eigenvalue weighted by atomic mass is 10.1. The van der Waals surface area contributed by atoms with Gasteiger partial charge in [0.15, 0.2) is 0 Å². The molecule has 4 heteroatoms. The van der Waals surface area contributed by atoms with Crippen LogP contribution in [0.1, 0.15) is 38.1 Å². The third-order valence-corrected chi connectivity index (χ3v) is 5.23. The lowest BCUT2D eigenvalue weighted by molar-refractivity contribution is 0.184. The second-order valence-corrected chi connectivity index (χ2v) is 6.29. The summed E-state index contributed by atoms with van der Waals surface area (Å²) in [5.41, 5.74) is 5.97. The summed E-state index contributed by atoms with van der Waals surface area (Å²) >= 11 is 5.41. The van der Waals surface area contributed by atoms with Crippen molar-refractivity contribution in [3.8, 4) is 0 Å². The summed E-state index contributed by atoms with van der Waals surface area (Å²) in [5.74, 6) is 0.725. The Labute approximate surface area is 117 Å². The molecule has 0 aromatic carbocycles. The molecule has 0 bridgehead atoms. The maximum atomic E-state index is 5.97. The van der Waals surface area contributed by atoms with Gasteiger partial charge < -0.3 is 5.73 Å². The monoisotopic (exact) mass is 318 g/mol. The number of thiophene rings is 1. The lowest BCUT2D eigenvalue weighted by Gasteiger charge is -2.31. The predicted octanol–water partition coefficient (Wildman–Crippen LogP) is 3.88. The summed E-state index contributed by atoms with van der Waals surface area (Å²) in [5, 5.41) is 2.12. The molecule has 1 heterocycles. The van der Waals surface area contributed by atoms with Gasteiger partial charge in [-0.3, -0.25) is 4.90 Å². The molecule has 2 N–H and O–H groups in total. The van der Waals surface area contributed by atoms with E-state index >= 15 is 0 Å². The summed E-state index contributed by atoms with van der Waals surface area (Å²) in [7, 11) is 0. The minimum atomic E-state index is 0.350. The summed E-state index contributed by atoms with van der Waals surface area (Å²) in [6.07, 6.45) is 1.22. The highest BCUT2D eigenvalue weighted by molar-refractivity contribution is 9.10. The van der Waals surface area contributed by atoms with E-state index in [0.717, 1.165) is 19.0 Å². The second kappa shape index (κ2) is 7.52. The molecule has 0 aliphatic rings. The van der Waals surface area contributed by atoms with Gasteiger partial charge in [-0.25, -0.2) is 0 Å². The Balaban J connectivity index is 2.80. The molecule has 2 nitrogen and oxygen atoms in total. The van der Waals surface area contributed by atoms with Crippen molar-refractivity contribution >= 4 is 27.3 Å². The van der Waals surface area contributed by atoms with Crippen molar-refractivity contribution in [2.24, 2.45) is 11.7 Å². The molecule has 0 saturated heterocycles. The molecule has 1 rings (SSSR count). The third kappa shape index (κ3) is 4.05. The van der Waals surface area contributed by atoms with Crippen LogP contribution in [0.2, 0.25) is 0 Å². The largest absolute Gasteiger partial charge is 0.329 e. The molecule has 0 amide bonds. The van der Waals surface area contributed by atoms with Gasteiger partial charge in [-0.05, 0) is 39.8 Å². The Kier molecular flexibility index (Phi) is 6.70. The Morgan fingerprint density at radius 2 is 2.18 bits per heavy atom. The first-order valence-corrected chi connectivity index (χ1v) is 7.98. The SMILES string of the molecule is CCC(C)CN(CC)C(CN)c1sccc1Br. The van der Waals surface area contributed by atoms with Crippen LogP contribution in [0.15, 0.2) is 15.9 Å². The number of nitrogens with zero attached hydrogens (tertiary/aromatic N) is 1. The smallest absolute Gasteiger partial charge is 0.0575 e. The van der Waals surface area contributed by atoms with Gasteiger partial charge in [0.1, 0.15) is 0 Å². The normalized spacial score (nSPS) is 15.2. The molecule has 0 radical (unpaired) electrons. The highest BCUT2D eigenvalue weighted by atomic mass is 79.9. The van der Waals surface area contributed by atoms with Crippen LogP contribution in [-0.4, -0.2) is 24.5 Å². The summed E-state index contributed by atoms with van der Waals surface area (Å²) in [4.78, 5) is 3.85. The number of hydrogen-bond acceptors (Lipinski definition) is 3. The van der Waals surface area contributed by atoms with Gasteiger partial charge in [0.25, 0.3) is 0 Å². The van der Waals surface area contributed by atoms with Crippen LogP contribution in [0.5, 0.6) is 0 Å². The van der Waals surface area contributed by atoms with E-state index < -0.39 is 0 Å². The van der Waals surface area contributed by atoms with E-state index in [1.54, 1.807) is 11.3 Å². The molecular formula is C13H23BrN2S. The zero-order valence-corrected chi connectivity index (χ0v) is 13.4. The summed E-state index contributed by atoms with van der Waals surface area (Å²) < 4.78 is 1.19. The van der Waals surface area contributed by atoms with Crippen LogP contribution in [0, 0.1) is 5.92 Å². The van der Waals surface area contributed by atoms with Gasteiger partial charge in [-0.1, -0.05) is 27.2 Å². The maximum Gasteiger partial charge on any atom is 0.0575 e. The van der Waals surface area contributed by atoms with Crippen molar-refractivity contribution < 1.29 is 0 Å². The van der Waals surface area contributed by atoms with Crippen molar-refractivity contribution in [1.82, 2.24) is 4.90 Å². The average molecular weight is 319 g/mol. The predicted molar refractivity (Wildman–Crippen MR) is 80.5 cm³/mol. The van der Waals surface area contributed by atoms with Crippen LogP contribution >= 0.6 is 27.3 Å². The topological polar surface area (TPSA) is 29.3 Å². The summed E-state index contributed by atoms with van der Waals surface area (Å²) in [6, 6.07) is 2.46. The minimum Gasteiger partial charge on any atom is -0.329 e. The average Bonchev–Trinajstić information content (AvgIpc) is 2.75. The highest BCUT2D eigenvalue weighted by Gasteiger charge is 2.22. The Bertz CT molecular complexity index is 327. The summed E-state index contributed by atoms with van der Waals surface area (Å²) in [6.45, 7) is 9.63. The molecule has 2 atom stereocenters. The van der Waals surface area contributed by atoms with Crippen molar-refractivity contribution in [3.05, 3.63) is 20.8 Å². The fourth-order valence-corrected chi connectivity index (χ4v) is 3.76. The maximum absolute atomic E-state index is 5.97. The Morgan fingerprint density at radius 3 is 2.59 bits per heavy atom. The zero-order valence-electron chi connectivity index (χ0n) is 10.9. The fourth-order valence-electron chi connectivity index (χ4n) is 1.97. The molecule has 0 fully saturated rings. The quantitative estimate of drug-likeness (QED) is 0.826. The van der Waals surface area contributed by atoms with Crippen molar-refractivity contribution in [3.63, 3.8) is 0 Å². The Hall–Kier alpha value is 0.100.